The van der Waals surface area contributed by atoms with Gasteiger partial charge in [-0.1, -0.05) is 30.9 Å². The molecule has 0 aliphatic carbocycles. The van der Waals surface area contributed by atoms with E-state index in [0.717, 1.165) is 11.1 Å². The zero-order valence-corrected chi connectivity index (χ0v) is 18.2. The number of carbonyl (C=O) groups is 1. The third kappa shape index (κ3) is 5.52. The number of para-hydroxylation sites is 1. The van der Waals surface area contributed by atoms with Crippen molar-refractivity contribution in [3.05, 3.63) is 96.1 Å². The molecular formula is C24H24N2O4S. The van der Waals surface area contributed by atoms with Crippen molar-refractivity contribution >= 4 is 27.3 Å². The highest BCUT2D eigenvalue weighted by Gasteiger charge is 2.17. The molecule has 0 unspecified atom stereocenters. The number of sulfonamides is 1. The van der Waals surface area contributed by atoms with Crippen LogP contribution >= 0.6 is 0 Å². The van der Waals surface area contributed by atoms with E-state index in [9.17, 15) is 13.2 Å². The average molecular weight is 437 g/mol. The quantitative estimate of drug-likeness (QED) is 0.491. The standard InChI is InChI=1S/C24H24N2O4S/c1-4-16-30-21-12-8-19(9-13-21)24(27)25-20-10-14-22(15-11-20)31(28,29)26-23-17(2)6-5-7-18(23)3/h4-15,26H,1,16H2,2-3H3,(H,25,27). The first-order chi connectivity index (χ1) is 14.8. The highest BCUT2D eigenvalue weighted by molar-refractivity contribution is 7.92. The Morgan fingerprint density at radius 1 is 0.968 bits per heavy atom. The minimum Gasteiger partial charge on any atom is -0.490 e. The Labute approximate surface area is 182 Å². The number of hydrogen-bond acceptors (Lipinski definition) is 4. The van der Waals surface area contributed by atoms with Crippen LogP contribution in [0.15, 0.2) is 84.3 Å². The first kappa shape index (κ1) is 22.1. The lowest BCUT2D eigenvalue weighted by molar-refractivity contribution is 0.102. The summed E-state index contributed by atoms with van der Waals surface area (Å²) < 4.78 is 33.5. The van der Waals surface area contributed by atoms with Crippen molar-refractivity contribution in [2.75, 3.05) is 16.6 Å². The molecule has 0 bridgehead atoms. The lowest BCUT2D eigenvalue weighted by Gasteiger charge is -2.13. The van der Waals surface area contributed by atoms with Gasteiger partial charge in [-0.05, 0) is 73.5 Å². The minimum atomic E-state index is -3.75. The molecule has 6 nitrogen and oxygen atoms in total. The van der Waals surface area contributed by atoms with Crippen LogP contribution in [-0.2, 0) is 10.0 Å². The third-order valence-corrected chi connectivity index (χ3v) is 5.99. The molecule has 0 heterocycles. The number of anilines is 2. The largest absolute Gasteiger partial charge is 0.490 e. The molecule has 1 amide bonds. The average Bonchev–Trinajstić information content (AvgIpc) is 2.75. The van der Waals surface area contributed by atoms with E-state index >= 15 is 0 Å². The third-order valence-electron chi connectivity index (χ3n) is 4.62. The maximum Gasteiger partial charge on any atom is 0.261 e. The van der Waals surface area contributed by atoms with E-state index < -0.39 is 10.0 Å². The van der Waals surface area contributed by atoms with E-state index in [1.54, 1.807) is 42.5 Å². The second kappa shape index (κ2) is 9.49. The zero-order valence-electron chi connectivity index (χ0n) is 17.4. The second-order valence-corrected chi connectivity index (χ2v) is 8.66. The predicted molar refractivity (Wildman–Crippen MR) is 123 cm³/mol. The summed E-state index contributed by atoms with van der Waals surface area (Å²) in [4.78, 5) is 12.5. The molecule has 0 saturated carbocycles. The smallest absolute Gasteiger partial charge is 0.261 e. The van der Waals surface area contributed by atoms with E-state index in [1.807, 2.05) is 32.0 Å². The van der Waals surface area contributed by atoms with Gasteiger partial charge in [-0.2, -0.15) is 0 Å². The Morgan fingerprint density at radius 2 is 1.58 bits per heavy atom. The lowest BCUT2D eigenvalue weighted by atomic mass is 10.1. The summed E-state index contributed by atoms with van der Waals surface area (Å²) in [5, 5.41) is 2.76. The van der Waals surface area contributed by atoms with Gasteiger partial charge in [-0.25, -0.2) is 8.42 Å². The molecule has 0 aliphatic heterocycles. The van der Waals surface area contributed by atoms with Gasteiger partial charge in [-0.15, -0.1) is 0 Å². The summed E-state index contributed by atoms with van der Waals surface area (Å²) in [6.45, 7) is 7.67. The fourth-order valence-corrected chi connectivity index (χ4v) is 4.15. The van der Waals surface area contributed by atoms with E-state index in [4.69, 9.17) is 4.74 Å². The number of rotatable bonds is 8. The van der Waals surface area contributed by atoms with Crippen LogP contribution in [-0.4, -0.2) is 20.9 Å². The summed E-state index contributed by atoms with van der Waals surface area (Å²) >= 11 is 0. The summed E-state index contributed by atoms with van der Waals surface area (Å²) in [5.74, 6) is 0.335. The molecule has 0 fully saturated rings. The predicted octanol–water partition coefficient (Wildman–Crippen LogP) is 4.92. The van der Waals surface area contributed by atoms with Crippen LogP contribution in [0, 0.1) is 13.8 Å². The molecule has 31 heavy (non-hydrogen) atoms. The molecule has 3 aromatic carbocycles. The van der Waals surface area contributed by atoms with Crippen molar-refractivity contribution < 1.29 is 17.9 Å². The molecule has 0 aliphatic rings. The van der Waals surface area contributed by atoms with E-state index in [-0.39, 0.29) is 10.8 Å². The van der Waals surface area contributed by atoms with Gasteiger partial charge >= 0.3 is 0 Å². The molecule has 7 heteroatoms. The Kier molecular flexibility index (Phi) is 6.77. The highest BCUT2D eigenvalue weighted by atomic mass is 32.2. The Bertz CT molecular complexity index is 1170. The number of amides is 1. The van der Waals surface area contributed by atoms with Crippen molar-refractivity contribution in [1.29, 1.82) is 0 Å². The molecule has 0 radical (unpaired) electrons. The summed E-state index contributed by atoms with van der Waals surface area (Å²) in [5.41, 5.74) is 3.20. The van der Waals surface area contributed by atoms with Crippen LogP contribution < -0.4 is 14.8 Å². The number of aryl methyl sites for hydroxylation is 2. The normalized spacial score (nSPS) is 10.9. The molecule has 0 spiro atoms. The van der Waals surface area contributed by atoms with Gasteiger partial charge in [0.2, 0.25) is 0 Å². The molecule has 0 atom stereocenters. The number of nitrogens with one attached hydrogen (secondary N) is 2. The zero-order chi connectivity index (χ0) is 22.4. The van der Waals surface area contributed by atoms with Crippen LogP contribution in [0.3, 0.4) is 0 Å². The van der Waals surface area contributed by atoms with Crippen molar-refractivity contribution in [2.45, 2.75) is 18.7 Å². The van der Waals surface area contributed by atoms with Crippen molar-refractivity contribution in [3.63, 3.8) is 0 Å². The number of carbonyl (C=O) groups excluding carboxylic acids is 1. The number of benzene rings is 3. The summed E-state index contributed by atoms with van der Waals surface area (Å²) in [7, 11) is -3.75. The fourth-order valence-electron chi connectivity index (χ4n) is 2.95. The van der Waals surface area contributed by atoms with Gasteiger partial charge < -0.3 is 10.1 Å². The number of ether oxygens (including phenoxy) is 1. The second-order valence-electron chi connectivity index (χ2n) is 6.97. The van der Waals surface area contributed by atoms with Crippen molar-refractivity contribution in [2.24, 2.45) is 0 Å². The van der Waals surface area contributed by atoms with Gasteiger partial charge in [0.05, 0.1) is 10.6 Å². The van der Waals surface area contributed by atoms with Crippen LogP contribution in [0.5, 0.6) is 5.75 Å². The van der Waals surface area contributed by atoms with Crippen LogP contribution in [0.2, 0.25) is 0 Å². The first-order valence-corrected chi connectivity index (χ1v) is 11.1. The summed E-state index contributed by atoms with van der Waals surface area (Å²) in [6.07, 6.45) is 1.64. The minimum absolute atomic E-state index is 0.108. The molecule has 3 aromatic rings. The van der Waals surface area contributed by atoms with Gasteiger partial charge in [0.1, 0.15) is 12.4 Å². The molecular weight excluding hydrogens is 412 g/mol. The molecule has 3 rings (SSSR count). The lowest BCUT2D eigenvalue weighted by Crippen LogP contribution is -2.15. The Hall–Kier alpha value is -3.58. The molecule has 0 saturated heterocycles. The van der Waals surface area contributed by atoms with Crippen molar-refractivity contribution in [3.8, 4) is 5.75 Å². The SMILES string of the molecule is C=CCOc1ccc(C(=O)Nc2ccc(S(=O)(=O)Nc3c(C)cccc3C)cc2)cc1. The van der Waals surface area contributed by atoms with Crippen molar-refractivity contribution in [1.82, 2.24) is 0 Å². The van der Waals surface area contributed by atoms with Crippen LogP contribution in [0.4, 0.5) is 11.4 Å². The van der Waals surface area contributed by atoms with E-state index in [1.165, 1.54) is 12.1 Å². The Balaban J connectivity index is 1.69. The highest BCUT2D eigenvalue weighted by Crippen LogP contribution is 2.24. The van der Waals surface area contributed by atoms with Crippen LogP contribution in [0.25, 0.3) is 0 Å². The van der Waals surface area contributed by atoms with Gasteiger partial charge in [0.15, 0.2) is 0 Å². The summed E-state index contributed by atoms with van der Waals surface area (Å²) in [6, 6.07) is 18.3. The van der Waals surface area contributed by atoms with E-state index in [0.29, 0.717) is 29.3 Å². The molecule has 160 valence electrons. The fraction of sp³-hybridized carbons (Fsp3) is 0.125. The van der Waals surface area contributed by atoms with Crippen LogP contribution in [0.1, 0.15) is 21.5 Å². The molecule has 2 N–H and O–H groups in total. The monoisotopic (exact) mass is 436 g/mol. The topological polar surface area (TPSA) is 84.5 Å². The first-order valence-electron chi connectivity index (χ1n) is 9.64. The van der Waals surface area contributed by atoms with Gasteiger partial charge in [-0.3, -0.25) is 9.52 Å². The maximum absolute atomic E-state index is 12.8. The van der Waals surface area contributed by atoms with Gasteiger partial charge in [0.25, 0.3) is 15.9 Å². The number of hydrogen-bond donors (Lipinski definition) is 2. The Morgan fingerprint density at radius 3 is 2.16 bits per heavy atom. The molecule has 0 aromatic heterocycles. The van der Waals surface area contributed by atoms with Gasteiger partial charge in [0, 0.05) is 11.3 Å². The van der Waals surface area contributed by atoms with E-state index in [2.05, 4.69) is 16.6 Å². The maximum atomic E-state index is 12.8.